The number of thioether (sulfide) groups is 1. The number of nitrogens with zero attached hydrogens (tertiary/aromatic N) is 3. The topological polar surface area (TPSA) is 102 Å². The molecule has 0 saturated carbocycles. The van der Waals surface area contributed by atoms with Gasteiger partial charge in [-0.3, -0.25) is 19.8 Å². The quantitative estimate of drug-likeness (QED) is 0.132. The van der Waals surface area contributed by atoms with Crippen LogP contribution in [0.25, 0.3) is 4.91 Å². The van der Waals surface area contributed by atoms with Crippen molar-refractivity contribution in [1.82, 2.24) is 9.80 Å². The van der Waals surface area contributed by atoms with Gasteiger partial charge in [-0.1, -0.05) is 6.07 Å². The summed E-state index contributed by atoms with van der Waals surface area (Å²) in [6, 6.07) is 9.24. The molecule has 2 aromatic rings. The molecule has 0 heterocycles. The number of nitro benzene ring substituents is 1. The molecule has 0 fully saturated rings. The summed E-state index contributed by atoms with van der Waals surface area (Å²) in [7, 11) is 3.64. The third-order valence-electron chi connectivity index (χ3n) is 5.58. The van der Waals surface area contributed by atoms with Gasteiger partial charge < -0.3 is 14.4 Å². The van der Waals surface area contributed by atoms with E-state index in [4.69, 9.17) is 9.47 Å². The Balaban J connectivity index is 2.59. The van der Waals surface area contributed by atoms with Gasteiger partial charge in [-0.15, -0.1) is 11.8 Å². The van der Waals surface area contributed by atoms with Crippen molar-refractivity contribution in [3.8, 4) is 0 Å². The number of esters is 1. The summed E-state index contributed by atoms with van der Waals surface area (Å²) in [5.74, 6) is -2.84. The van der Waals surface area contributed by atoms with Crippen LogP contribution in [0.1, 0.15) is 31.9 Å². The number of halogens is 2. The molecule has 0 saturated heterocycles. The molecule has 1 unspecified atom stereocenters. The normalized spacial score (nSPS) is 12.5. The van der Waals surface area contributed by atoms with Crippen molar-refractivity contribution in [2.45, 2.75) is 27.3 Å². The number of rotatable bonds is 13. The molecule has 0 radical (unpaired) electrons. The van der Waals surface area contributed by atoms with Crippen molar-refractivity contribution < 1.29 is 32.8 Å². The second-order valence-corrected chi connectivity index (χ2v) is 9.70. The summed E-state index contributed by atoms with van der Waals surface area (Å²) in [6.07, 6.45) is -0.775. The molecule has 2 aromatic carbocycles. The lowest BCUT2D eigenvalue weighted by Crippen LogP contribution is -2.32. The number of benzene rings is 2. The van der Waals surface area contributed by atoms with Crippen molar-refractivity contribution in [3.05, 3.63) is 80.9 Å². The summed E-state index contributed by atoms with van der Waals surface area (Å²) in [5, 5.41) is 11.2. The minimum Gasteiger partial charge on any atom is -0.466 e. The lowest BCUT2D eigenvalue weighted by atomic mass is 9.97. The molecule has 1 atom stereocenters. The summed E-state index contributed by atoms with van der Waals surface area (Å²) >= 11 is 1.15. The van der Waals surface area contributed by atoms with Gasteiger partial charge in [-0.25, -0.2) is 13.6 Å². The molecule has 0 N–H and O–H groups in total. The van der Waals surface area contributed by atoms with Gasteiger partial charge in [0.1, 0.15) is 11.6 Å². The van der Waals surface area contributed by atoms with E-state index < -0.39 is 41.1 Å². The van der Waals surface area contributed by atoms with Crippen LogP contribution >= 0.6 is 11.8 Å². The second kappa shape index (κ2) is 15.2. The molecule has 1 amide bonds. The molecular weight excluding hydrogens is 532 g/mol. The van der Waals surface area contributed by atoms with Gasteiger partial charge in [0.2, 0.25) is 0 Å². The van der Waals surface area contributed by atoms with Gasteiger partial charge in [-0.05, 0) is 70.3 Å². The number of carbonyl (C=O) groups excluding carboxylic acids is 2. The number of carbonyl (C=O) groups is 2. The number of hydrogen-bond donors (Lipinski definition) is 0. The van der Waals surface area contributed by atoms with E-state index in [1.165, 1.54) is 18.2 Å². The van der Waals surface area contributed by atoms with E-state index in [0.717, 1.165) is 28.8 Å². The monoisotopic (exact) mass is 565 g/mol. The van der Waals surface area contributed by atoms with E-state index in [1.807, 2.05) is 19.0 Å². The zero-order valence-electron chi connectivity index (χ0n) is 22.6. The van der Waals surface area contributed by atoms with E-state index in [2.05, 4.69) is 0 Å². The number of nitro groups is 1. The number of likely N-dealkylation sites (N-methyl/N-ethyl adjacent to an activating group) is 1. The average molecular weight is 566 g/mol. The molecule has 12 heteroatoms. The SMILES string of the molecule is CCOC(=O)C(C)/C(CN(C)C)=C(\SCN(Cc1c(F)cccc1F)C(=O)OCC)c1ccc([N+](=O)[O-])cc1. The first kappa shape index (κ1) is 31.7. The minimum absolute atomic E-state index is 0.0522. The molecule has 0 aliphatic heterocycles. The molecular formula is C27H33F2N3O6S. The van der Waals surface area contributed by atoms with Crippen molar-refractivity contribution in [2.75, 3.05) is 39.7 Å². The minimum atomic E-state index is -0.801. The Morgan fingerprint density at radius 1 is 1.03 bits per heavy atom. The van der Waals surface area contributed by atoms with Crippen LogP contribution in [-0.4, -0.2) is 66.5 Å². The first-order valence-corrected chi connectivity index (χ1v) is 13.2. The average Bonchev–Trinajstić information content (AvgIpc) is 2.88. The predicted octanol–water partition coefficient (Wildman–Crippen LogP) is 5.69. The highest BCUT2D eigenvalue weighted by atomic mass is 32.2. The van der Waals surface area contributed by atoms with Gasteiger partial charge in [0, 0.05) is 29.1 Å². The number of non-ortho nitro benzene ring substituents is 1. The molecule has 9 nitrogen and oxygen atoms in total. The zero-order valence-corrected chi connectivity index (χ0v) is 23.4. The van der Waals surface area contributed by atoms with Crippen LogP contribution < -0.4 is 0 Å². The highest BCUT2D eigenvalue weighted by molar-refractivity contribution is 8.08. The van der Waals surface area contributed by atoms with E-state index in [-0.39, 0.29) is 30.3 Å². The Bertz CT molecular complexity index is 1170. The van der Waals surface area contributed by atoms with Crippen molar-refractivity contribution in [2.24, 2.45) is 5.92 Å². The third kappa shape index (κ3) is 9.03. The standard InChI is InChI=1S/C27H33F2N3O6S/c1-6-37-26(33)18(3)21(15-30(4)5)25(19-11-13-20(14-12-19)32(35)36)39-17-31(27(34)38-7-2)16-22-23(28)9-8-10-24(22)29/h8-14,18H,6-7,15-17H2,1-5H3/b25-21-. The van der Waals surface area contributed by atoms with E-state index >= 15 is 0 Å². The van der Waals surface area contributed by atoms with Crippen LogP contribution in [0.3, 0.4) is 0 Å². The molecule has 0 aromatic heterocycles. The smallest absolute Gasteiger partial charge is 0.410 e. The number of hydrogen-bond acceptors (Lipinski definition) is 8. The third-order valence-corrected chi connectivity index (χ3v) is 6.81. The molecule has 0 aliphatic carbocycles. The molecule has 2 rings (SSSR count). The van der Waals surface area contributed by atoms with Gasteiger partial charge in [0.15, 0.2) is 0 Å². The van der Waals surface area contributed by atoms with E-state index in [0.29, 0.717) is 22.6 Å². The molecule has 212 valence electrons. The van der Waals surface area contributed by atoms with Crippen LogP contribution in [0.5, 0.6) is 0 Å². The van der Waals surface area contributed by atoms with Gasteiger partial charge in [-0.2, -0.15) is 0 Å². The van der Waals surface area contributed by atoms with Gasteiger partial charge >= 0.3 is 12.1 Å². The maximum atomic E-state index is 14.4. The van der Waals surface area contributed by atoms with E-state index in [9.17, 15) is 28.5 Å². The first-order valence-electron chi connectivity index (χ1n) is 12.3. The van der Waals surface area contributed by atoms with Crippen molar-refractivity contribution in [3.63, 3.8) is 0 Å². The fourth-order valence-corrected chi connectivity index (χ4v) is 4.86. The number of ether oxygens (including phenoxy) is 2. The number of amides is 1. The Morgan fingerprint density at radius 3 is 2.13 bits per heavy atom. The predicted molar refractivity (Wildman–Crippen MR) is 146 cm³/mol. The van der Waals surface area contributed by atoms with Crippen LogP contribution in [-0.2, 0) is 20.8 Å². The van der Waals surface area contributed by atoms with Crippen LogP contribution in [0.15, 0.2) is 48.0 Å². The summed E-state index contributed by atoms with van der Waals surface area (Å²) in [6.45, 7) is 5.19. The largest absolute Gasteiger partial charge is 0.466 e. The Kier molecular flexibility index (Phi) is 12.3. The lowest BCUT2D eigenvalue weighted by molar-refractivity contribution is -0.384. The zero-order chi connectivity index (χ0) is 29.1. The van der Waals surface area contributed by atoms with Gasteiger partial charge in [0.05, 0.1) is 36.5 Å². The van der Waals surface area contributed by atoms with Crippen LogP contribution in [0, 0.1) is 27.7 Å². The Hall–Kier alpha value is -3.51. The van der Waals surface area contributed by atoms with Crippen molar-refractivity contribution >= 4 is 34.4 Å². The highest BCUT2D eigenvalue weighted by Crippen LogP contribution is 2.36. The molecule has 0 spiro atoms. The summed E-state index contributed by atoms with van der Waals surface area (Å²) in [5.41, 5.74) is 0.817. The fraction of sp³-hybridized carbons (Fsp3) is 0.407. The maximum absolute atomic E-state index is 14.4. The maximum Gasteiger partial charge on any atom is 0.410 e. The van der Waals surface area contributed by atoms with Gasteiger partial charge in [0.25, 0.3) is 5.69 Å². The highest BCUT2D eigenvalue weighted by Gasteiger charge is 2.26. The lowest BCUT2D eigenvalue weighted by Gasteiger charge is -2.26. The molecule has 0 bridgehead atoms. The second-order valence-electron chi connectivity index (χ2n) is 8.74. The van der Waals surface area contributed by atoms with E-state index in [1.54, 1.807) is 32.9 Å². The van der Waals surface area contributed by atoms with Crippen LogP contribution in [0.4, 0.5) is 19.3 Å². The fourth-order valence-electron chi connectivity index (χ4n) is 3.65. The van der Waals surface area contributed by atoms with Crippen LogP contribution in [0.2, 0.25) is 0 Å². The molecule has 0 aliphatic rings. The van der Waals surface area contributed by atoms with Crippen molar-refractivity contribution in [1.29, 1.82) is 0 Å². The molecule has 39 heavy (non-hydrogen) atoms. The Labute approximate surface area is 230 Å². The Morgan fingerprint density at radius 2 is 1.62 bits per heavy atom. The first-order chi connectivity index (χ1) is 18.5. The summed E-state index contributed by atoms with van der Waals surface area (Å²) < 4.78 is 39.2. The summed E-state index contributed by atoms with van der Waals surface area (Å²) in [4.78, 5) is 39.8.